The lowest BCUT2D eigenvalue weighted by Crippen LogP contribution is -2.54. The van der Waals surface area contributed by atoms with Crippen molar-refractivity contribution >= 4 is 0 Å². The van der Waals surface area contributed by atoms with E-state index >= 15 is 0 Å². The second-order valence-electron chi connectivity index (χ2n) is 5.46. The summed E-state index contributed by atoms with van der Waals surface area (Å²) >= 11 is 0. The Labute approximate surface area is 109 Å². The van der Waals surface area contributed by atoms with Gasteiger partial charge in [0.1, 0.15) is 0 Å². The topological polar surface area (TPSA) is 65.7 Å². The number of methoxy groups -OCH3 is 1. The molecule has 2 fully saturated rings. The summed E-state index contributed by atoms with van der Waals surface area (Å²) in [7, 11) is 1.76. The molecular weight excluding hydrogens is 232 g/mol. The van der Waals surface area contributed by atoms with E-state index in [1.165, 1.54) is 0 Å². The second kappa shape index (κ2) is 6.30. The number of ether oxygens (including phenoxy) is 3. The molecule has 0 aliphatic carbocycles. The Morgan fingerprint density at radius 1 is 1.50 bits per heavy atom. The number of nitrogens with one attached hydrogen (secondary N) is 1. The number of rotatable bonds is 5. The SMILES string of the molecule is CCC(OC)C(NN)C1CCOC2(CCOC2)C1. The van der Waals surface area contributed by atoms with Gasteiger partial charge in [-0.25, -0.2) is 0 Å². The molecule has 1 spiro atoms. The van der Waals surface area contributed by atoms with Crippen molar-refractivity contribution in [1.29, 1.82) is 0 Å². The Bertz CT molecular complexity index is 253. The van der Waals surface area contributed by atoms with E-state index in [1.807, 2.05) is 0 Å². The van der Waals surface area contributed by atoms with E-state index < -0.39 is 0 Å². The third kappa shape index (κ3) is 2.86. The van der Waals surface area contributed by atoms with E-state index in [4.69, 9.17) is 20.1 Å². The summed E-state index contributed by atoms with van der Waals surface area (Å²) in [6.45, 7) is 4.47. The van der Waals surface area contributed by atoms with Gasteiger partial charge in [-0.05, 0) is 25.2 Å². The summed E-state index contributed by atoms with van der Waals surface area (Å²) in [5.41, 5.74) is 2.89. The van der Waals surface area contributed by atoms with Crippen LogP contribution in [0.4, 0.5) is 0 Å². The van der Waals surface area contributed by atoms with E-state index in [0.717, 1.165) is 45.5 Å². The predicted molar refractivity (Wildman–Crippen MR) is 69.0 cm³/mol. The van der Waals surface area contributed by atoms with Crippen LogP contribution in [0.5, 0.6) is 0 Å². The second-order valence-corrected chi connectivity index (χ2v) is 5.46. The van der Waals surface area contributed by atoms with Crippen LogP contribution in [0.2, 0.25) is 0 Å². The first kappa shape index (κ1) is 14.2. The van der Waals surface area contributed by atoms with E-state index in [0.29, 0.717) is 5.92 Å². The summed E-state index contributed by atoms with van der Waals surface area (Å²) in [6, 6.07) is 0.196. The maximum absolute atomic E-state index is 5.96. The molecule has 2 rings (SSSR count). The average molecular weight is 258 g/mol. The summed E-state index contributed by atoms with van der Waals surface area (Å²) < 4.78 is 17.0. The first-order valence-electron chi connectivity index (χ1n) is 6.95. The van der Waals surface area contributed by atoms with Crippen LogP contribution in [0, 0.1) is 5.92 Å². The van der Waals surface area contributed by atoms with Crippen LogP contribution in [0.15, 0.2) is 0 Å². The highest BCUT2D eigenvalue weighted by molar-refractivity contribution is 4.95. The van der Waals surface area contributed by atoms with Crippen molar-refractivity contribution in [3.05, 3.63) is 0 Å². The summed E-state index contributed by atoms with van der Waals surface area (Å²) in [6.07, 6.45) is 4.19. The molecule has 2 heterocycles. The molecule has 0 aromatic carbocycles. The highest BCUT2D eigenvalue weighted by Crippen LogP contribution is 2.37. The lowest BCUT2D eigenvalue weighted by atomic mass is 9.79. The van der Waals surface area contributed by atoms with Gasteiger partial charge in [0.25, 0.3) is 0 Å². The molecule has 5 heteroatoms. The lowest BCUT2D eigenvalue weighted by Gasteiger charge is -2.42. The van der Waals surface area contributed by atoms with Crippen molar-refractivity contribution in [1.82, 2.24) is 5.43 Å². The largest absolute Gasteiger partial charge is 0.380 e. The van der Waals surface area contributed by atoms with Gasteiger partial charge in [0.2, 0.25) is 0 Å². The van der Waals surface area contributed by atoms with E-state index in [-0.39, 0.29) is 17.7 Å². The minimum absolute atomic E-state index is 0.0654. The van der Waals surface area contributed by atoms with Crippen molar-refractivity contribution in [2.75, 3.05) is 26.9 Å². The Morgan fingerprint density at radius 3 is 2.89 bits per heavy atom. The normalized spacial score (nSPS) is 35.8. The molecule has 3 N–H and O–H groups in total. The maximum Gasteiger partial charge on any atom is 0.0939 e. The maximum atomic E-state index is 5.96. The number of hydrogen-bond donors (Lipinski definition) is 2. The average Bonchev–Trinajstić information content (AvgIpc) is 2.83. The fourth-order valence-electron chi connectivity index (χ4n) is 3.35. The molecule has 0 saturated carbocycles. The highest BCUT2D eigenvalue weighted by Gasteiger charge is 2.44. The molecule has 2 saturated heterocycles. The fourth-order valence-corrected chi connectivity index (χ4v) is 3.35. The number of nitrogens with two attached hydrogens (primary N) is 1. The predicted octanol–water partition coefficient (Wildman–Crippen LogP) is 0.829. The molecule has 2 aliphatic rings. The molecule has 4 unspecified atom stereocenters. The first-order valence-corrected chi connectivity index (χ1v) is 6.95. The molecular formula is C13H26N2O3. The Balaban J connectivity index is 2.01. The standard InChI is InChI=1S/C13H26N2O3/c1-3-11(16-2)12(15-14)10-4-6-18-13(8-10)5-7-17-9-13/h10-12,15H,3-9,14H2,1-2H3. The quantitative estimate of drug-likeness (QED) is 0.565. The van der Waals surface area contributed by atoms with Gasteiger partial charge in [-0.3, -0.25) is 11.3 Å². The van der Waals surface area contributed by atoms with E-state index in [9.17, 15) is 0 Å². The van der Waals surface area contributed by atoms with Gasteiger partial charge in [0.15, 0.2) is 0 Å². The van der Waals surface area contributed by atoms with Crippen LogP contribution in [-0.4, -0.2) is 44.7 Å². The van der Waals surface area contributed by atoms with Crippen molar-refractivity contribution in [3.63, 3.8) is 0 Å². The molecule has 5 nitrogen and oxygen atoms in total. The monoisotopic (exact) mass is 258 g/mol. The van der Waals surface area contributed by atoms with Crippen LogP contribution in [0.3, 0.4) is 0 Å². The summed E-state index contributed by atoms with van der Waals surface area (Å²) in [4.78, 5) is 0. The van der Waals surface area contributed by atoms with Crippen molar-refractivity contribution in [2.24, 2.45) is 11.8 Å². The van der Waals surface area contributed by atoms with Gasteiger partial charge >= 0.3 is 0 Å². The smallest absolute Gasteiger partial charge is 0.0939 e. The summed E-state index contributed by atoms with van der Waals surface area (Å²) in [5, 5.41) is 0. The van der Waals surface area contributed by atoms with Crippen LogP contribution in [-0.2, 0) is 14.2 Å². The lowest BCUT2D eigenvalue weighted by molar-refractivity contribution is -0.111. The van der Waals surface area contributed by atoms with Crippen LogP contribution in [0.25, 0.3) is 0 Å². The van der Waals surface area contributed by atoms with Gasteiger partial charge in [-0.1, -0.05) is 6.92 Å². The Morgan fingerprint density at radius 2 is 2.33 bits per heavy atom. The Hall–Kier alpha value is -0.200. The molecule has 0 radical (unpaired) electrons. The number of hydrogen-bond acceptors (Lipinski definition) is 5. The zero-order chi connectivity index (χ0) is 13.0. The summed E-state index contributed by atoms with van der Waals surface area (Å²) in [5.74, 6) is 6.24. The first-order chi connectivity index (χ1) is 8.74. The van der Waals surface area contributed by atoms with Gasteiger partial charge < -0.3 is 14.2 Å². The number of hydrazine groups is 1. The van der Waals surface area contributed by atoms with Gasteiger partial charge in [0, 0.05) is 26.7 Å². The molecule has 0 aromatic rings. The fraction of sp³-hybridized carbons (Fsp3) is 1.00. The van der Waals surface area contributed by atoms with Crippen LogP contribution >= 0.6 is 0 Å². The minimum atomic E-state index is -0.0654. The highest BCUT2D eigenvalue weighted by atomic mass is 16.6. The minimum Gasteiger partial charge on any atom is -0.380 e. The van der Waals surface area contributed by atoms with E-state index in [2.05, 4.69) is 12.3 Å². The van der Waals surface area contributed by atoms with Crippen LogP contribution < -0.4 is 11.3 Å². The van der Waals surface area contributed by atoms with Crippen molar-refractivity contribution in [3.8, 4) is 0 Å². The molecule has 0 aromatic heterocycles. The zero-order valence-corrected chi connectivity index (χ0v) is 11.5. The molecule has 18 heavy (non-hydrogen) atoms. The molecule has 0 amide bonds. The third-order valence-corrected chi connectivity index (χ3v) is 4.40. The molecule has 4 atom stereocenters. The molecule has 0 bridgehead atoms. The third-order valence-electron chi connectivity index (χ3n) is 4.40. The van der Waals surface area contributed by atoms with Gasteiger partial charge in [-0.15, -0.1) is 0 Å². The van der Waals surface area contributed by atoms with E-state index in [1.54, 1.807) is 7.11 Å². The zero-order valence-electron chi connectivity index (χ0n) is 11.5. The molecule has 2 aliphatic heterocycles. The van der Waals surface area contributed by atoms with Crippen LogP contribution in [0.1, 0.15) is 32.6 Å². The van der Waals surface area contributed by atoms with Gasteiger partial charge in [-0.2, -0.15) is 0 Å². The van der Waals surface area contributed by atoms with Crippen molar-refractivity contribution in [2.45, 2.75) is 50.4 Å². The molecule has 106 valence electrons. The van der Waals surface area contributed by atoms with Gasteiger partial charge in [0.05, 0.1) is 24.4 Å². The Kier molecular flexibility index (Phi) is 4.98. The van der Waals surface area contributed by atoms with Crippen molar-refractivity contribution < 1.29 is 14.2 Å².